The van der Waals surface area contributed by atoms with Gasteiger partial charge >= 0.3 is 0 Å². The number of rotatable bonds is 4. The van der Waals surface area contributed by atoms with Gasteiger partial charge in [0.25, 0.3) is 0 Å². The molecule has 0 bridgehead atoms. The summed E-state index contributed by atoms with van der Waals surface area (Å²) in [6, 6.07) is 55.0. The number of nitrogens with zero attached hydrogens (tertiary/aromatic N) is 1. The SMILES string of the molecule is c1ccc(-c2ccc3cc(N(c4ccccc4)c4ccc5c(c4)sc4cc6ccccc6cc45)ccc3c2)cc1. The van der Waals surface area contributed by atoms with Gasteiger partial charge in [-0.15, -0.1) is 11.3 Å². The van der Waals surface area contributed by atoms with Crippen molar-refractivity contribution in [2.75, 3.05) is 4.90 Å². The fourth-order valence-corrected chi connectivity index (χ4v) is 6.97. The molecule has 188 valence electrons. The minimum atomic E-state index is 1.15. The van der Waals surface area contributed by atoms with Crippen LogP contribution in [0.5, 0.6) is 0 Å². The van der Waals surface area contributed by atoms with E-state index in [1.807, 2.05) is 11.3 Å². The third-order valence-corrected chi connectivity index (χ3v) is 8.90. The summed E-state index contributed by atoms with van der Waals surface area (Å²) in [6.45, 7) is 0. The minimum absolute atomic E-state index is 1.15. The Morgan fingerprint density at radius 2 is 0.950 bits per heavy atom. The Kier molecular flexibility index (Phi) is 5.39. The Bertz CT molecular complexity index is 2160. The van der Waals surface area contributed by atoms with Gasteiger partial charge in [0.2, 0.25) is 0 Å². The van der Waals surface area contributed by atoms with Gasteiger partial charge < -0.3 is 4.90 Å². The molecule has 8 aromatic rings. The zero-order valence-electron chi connectivity index (χ0n) is 21.8. The van der Waals surface area contributed by atoms with E-state index in [1.165, 1.54) is 52.8 Å². The van der Waals surface area contributed by atoms with Gasteiger partial charge in [0.05, 0.1) is 0 Å². The van der Waals surface area contributed by atoms with Gasteiger partial charge in [0.15, 0.2) is 0 Å². The highest BCUT2D eigenvalue weighted by atomic mass is 32.1. The molecule has 7 aromatic carbocycles. The lowest BCUT2D eigenvalue weighted by molar-refractivity contribution is 1.30. The summed E-state index contributed by atoms with van der Waals surface area (Å²) in [5.74, 6) is 0. The second kappa shape index (κ2) is 9.37. The highest BCUT2D eigenvalue weighted by Gasteiger charge is 2.15. The van der Waals surface area contributed by atoms with Crippen molar-refractivity contribution in [2.45, 2.75) is 0 Å². The van der Waals surface area contributed by atoms with E-state index in [1.54, 1.807) is 0 Å². The number of benzene rings is 7. The van der Waals surface area contributed by atoms with Crippen LogP contribution >= 0.6 is 11.3 Å². The van der Waals surface area contributed by atoms with Gasteiger partial charge in [0.1, 0.15) is 0 Å². The van der Waals surface area contributed by atoms with Crippen molar-refractivity contribution in [2.24, 2.45) is 0 Å². The van der Waals surface area contributed by atoms with Crippen LogP contribution < -0.4 is 4.90 Å². The average molecular weight is 528 g/mol. The molecule has 2 heteroatoms. The molecule has 0 unspecified atom stereocenters. The van der Waals surface area contributed by atoms with Crippen LogP contribution in [0.15, 0.2) is 152 Å². The Hall–Kier alpha value is -4.92. The summed E-state index contributed by atoms with van der Waals surface area (Å²) in [5, 5.41) is 7.69. The molecule has 0 fully saturated rings. The Labute approximate surface area is 237 Å². The van der Waals surface area contributed by atoms with Crippen molar-refractivity contribution in [3.05, 3.63) is 152 Å². The molecule has 1 nitrogen and oxygen atoms in total. The standard InChI is InChI=1S/C38H25NS/c1-3-9-26(10-4-1)29-15-16-31-22-33(18-17-30(31)21-29)39(32-13-5-2-6-14-32)34-19-20-35-36-23-27-11-7-8-12-28(27)24-37(36)40-38(35)25-34/h1-25H. The summed E-state index contributed by atoms with van der Waals surface area (Å²) in [4.78, 5) is 2.37. The maximum atomic E-state index is 2.37. The molecule has 0 saturated carbocycles. The van der Waals surface area contributed by atoms with Crippen LogP contribution in [0.4, 0.5) is 17.1 Å². The topological polar surface area (TPSA) is 3.24 Å². The lowest BCUT2D eigenvalue weighted by atomic mass is 10.0. The first kappa shape index (κ1) is 23.0. The first-order valence-electron chi connectivity index (χ1n) is 13.6. The number of para-hydroxylation sites is 1. The van der Waals surface area contributed by atoms with Crippen molar-refractivity contribution in [3.63, 3.8) is 0 Å². The molecule has 0 aliphatic rings. The molecule has 0 N–H and O–H groups in total. The molecule has 0 radical (unpaired) electrons. The molecule has 0 spiro atoms. The van der Waals surface area contributed by atoms with Crippen LogP contribution in [0.1, 0.15) is 0 Å². The largest absolute Gasteiger partial charge is 0.310 e. The van der Waals surface area contributed by atoms with E-state index < -0.39 is 0 Å². The summed E-state index contributed by atoms with van der Waals surface area (Å²) in [7, 11) is 0. The van der Waals surface area contributed by atoms with Gasteiger partial charge in [-0.1, -0.05) is 97.1 Å². The van der Waals surface area contributed by atoms with Crippen LogP contribution in [-0.4, -0.2) is 0 Å². The van der Waals surface area contributed by atoms with Crippen LogP contribution in [0, 0.1) is 0 Å². The van der Waals surface area contributed by atoms with Crippen LogP contribution in [-0.2, 0) is 0 Å². The molecule has 0 atom stereocenters. The fraction of sp³-hybridized carbons (Fsp3) is 0. The predicted octanol–water partition coefficient (Wildman–Crippen LogP) is 11.5. The van der Waals surface area contributed by atoms with Crippen LogP contribution in [0.2, 0.25) is 0 Å². The zero-order valence-corrected chi connectivity index (χ0v) is 22.6. The number of fused-ring (bicyclic) bond motifs is 5. The highest BCUT2D eigenvalue weighted by molar-refractivity contribution is 7.25. The molecular weight excluding hydrogens is 502 g/mol. The number of thiophene rings is 1. The van der Waals surface area contributed by atoms with Crippen molar-refractivity contribution >= 4 is 70.1 Å². The molecule has 40 heavy (non-hydrogen) atoms. The van der Waals surface area contributed by atoms with E-state index in [0.29, 0.717) is 0 Å². The molecule has 1 aromatic heterocycles. The second-order valence-corrected chi connectivity index (χ2v) is 11.3. The van der Waals surface area contributed by atoms with Crippen LogP contribution in [0.3, 0.4) is 0 Å². The summed E-state index contributed by atoms with van der Waals surface area (Å²) in [5.41, 5.74) is 5.94. The molecule has 1 heterocycles. The monoisotopic (exact) mass is 527 g/mol. The fourth-order valence-electron chi connectivity index (χ4n) is 5.80. The van der Waals surface area contributed by atoms with Crippen molar-refractivity contribution in [3.8, 4) is 11.1 Å². The molecule has 8 rings (SSSR count). The third kappa shape index (κ3) is 3.93. The van der Waals surface area contributed by atoms with E-state index in [2.05, 4.69) is 157 Å². The van der Waals surface area contributed by atoms with Gasteiger partial charge in [-0.3, -0.25) is 0 Å². The second-order valence-electron chi connectivity index (χ2n) is 10.3. The van der Waals surface area contributed by atoms with Gasteiger partial charge in [-0.25, -0.2) is 0 Å². The summed E-state index contributed by atoms with van der Waals surface area (Å²) in [6.07, 6.45) is 0. The Balaban J connectivity index is 1.26. The van der Waals surface area contributed by atoms with E-state index in [4.69, 9.17) is 0 Å². The van der Waals surface area contributed by atoms with Crippen molar-refractivity contribution in [1.82, 2.24) is 0 Å². The van der Waals surface area contributed by atoms with Crippen molar-refractivity contribution < 1.29 is 0 Å². The van der Waals surface area contributed by atoms with Crippen molar-refractivity contribution in [1.29, 1.82) is 0 Å². The van der Waals surface area contributed by atoms with E-state index in [0.717, 1.165) is 17.1 Å². The maximum Gasteiger partial charge on any atom is 0.0476 e. The van der Waals surface area contributed by atoms with Gasteiger partial charge in [-0.2, -0.15) is 0 Å². The summed E-state index contributed by atoms with van der Waals surface area (Å²) < 4.78 is 2.63. The van der Waals surface area contributed by atoms with Gasteiger partial charge in [-0.05, 0) is 87.3 Å². The lowest BCUT2D eigenvalue weighted by Gasteiger charge is -2.26. The number of hydrogen-bond acceptors (Lipinski definition) is 2. The molecule has 0 aliphatic heterocycles. The Morgan fingerprint density at radius 1 is 0.350 bits per heavy atom. The molecule has 0 aliphatic carbocycles. The number of anilines is 3. The third-order valence-electron chi connectivity index (χ3n) is 7.78. The quantitative estimate of drug-likeness (QED) is 0.220. The zero-order chi connectivity index (χ0) is 26.5. The maximum absolute atomic E-state index is 2.37. The normalized spacial score (nSPS) is 11.5. The number of hydrogen-bond donors (Lipinski definition) is 0. The predicted molar refractivity (Wildman–Crippen MR) is 174 cm³/mol. The first-order chi connectivity index (χ1) is 19.8. The summed E-state index contributed by atoms with van der Waals surface area (Å²) >= 11 is 1.87. The molecule has 0 saturated heterocycles. The smallest absolute Gasteiger partial charge is 0.0476 e. The van der Waals surface area contributed by atoms with E-state index in [9.17, 15) is 0 Å². The first-order valence-corrected chi connectivity index (χ1v) is 14.4. The highest BCUT2D eigenvalue weighted by Crippen LogP contribution is 2.42. The van der Waals surface area contributed by atoms with E-state index >= 15 is 0 Å². The van der Waals surface area contributed by atoms with Gasteiger partial charge in [0, 0.05) is 37.2 Å². The Morgan fingerprint density at radius 3 is 1.77 bits per heavy atom. The van der Waals surface area contributed by atoms with Crippen LogP contribution in [0.25, 0.3) is 52.8 Å². The molecule has 0 amide bonds. The van der Waals surface area contributed by atoms with E-state index in [-0.39, 0.29) is 0 Å². The minimum Gasteiger partial charge on any atom is -0.310 e. The lowest BCUT2D eigenvalue weighted by Crippen LogP contribution is -2.09. The average Bonchev–Trinajstić information content (AvgIpc) is 3.37. The molecular formula is C38H25NS.